The molecule has 2 aliphatic rings. The molecule has 0 spiro atoms. The Bertz CT molecular complexity index is 954. The van der Waals surface area contributed by atoms with Crippen molar-refractivity contribution in [2.45, 2.75) is 38.4 Å². The zero-order chi connectivity index (χ0) is 22.9. The first-order valence-corrected chi connectivity index (χ1v) is 11.0. The van der Waals surface area contributed by atoms with Crippen LogP contribution < -0.4 is 0 Å². The molecule has 1 N–H and O–H groups in total. The van der Waals surface area contributed by atoms with Crippen molar-refractivity contribution in [3.8, 4) is 11.1 Å². The van der Waals surface area contributed by atoms with E-state index in [-0.39, 0.29) is 38.7 Å². The smallest absolute Gasteiger partial charge is 0.410 e. The number of hydrogen-bond donors (Lipinski definition) is 1. The SMILES string of the molecule is CC(C)(C)OC(=O)N1CCN(C(=O)OCC2c3ccccc3-c3ccccc32)CC(O)C1. The van der Waals surface area contributed by atoms with Crippen molar-refractivity contribution in [3.63, 3.8) is 0 Å². The maximum Gasteiger partial charge on any atom is 0.410 e. The van der Waals surface area contributed by atoms with Gasteiger partial charge in [-0.1, -0.05) is 48.5 Å². The molecule has 2 aromatic carbocycles. The van der Waals surface area contributed by atoms with Crippen molar-refractivity contribution >= 4 is 12.2 Å². The van der Waals surface area contributed by atoms with E-state index in [1.54, 1.807) is 20.8 Å². The highest BCUT2D eigenvalue weighted by Crippen LogP contribution is 2.44. The number of hydrogen-bond acceptors (Lipinski definition) is 5. The van der Waals surface area contributed by atoms with Gasteiger partial charge in [0.25, 0.3) is 0 Å². The van der Waals surface area contributed by atoms with Gasteiger partial charge in [-0.3, -0.25) is 0 Å². The van der Waals surface area contributed by atoms with Gasteiger partial charge in [0.15, 0.2) is 0 Å². The van der Waals surface area contributed by atoms with Crippen molar-refractivity contribution in [1.29, 1.82) is 0 Å². The van der Waals surface area contributed by atoms with Crippen LogP contribution >= 0.6 is 0 Å². The summed E-state index contributed by atoms with van der Waals surface area (Å²) in [5.74, 6) is -0.0264. The zero-order valence-electron chi connectivity index (χ0n) is 18.8. The minimum atomic E-state index is -0.870. The summed E-state index contributed by atoms with van der Waals surface area (Å²) < 4.78 is 11.1. The number of rotatable bonds is 2. The van der Waals surface area contributed by atoms with E-state index in [1.807, 2.05) is 24.3 Å². The fourth-order valence-corrected chi connectivity index (χ4v) is 4.33. The lowest BCUT2D eigenvalue weighted by molar-refractivity contribution is 0.0186. The van der Waals surface area contributed by atoms with Crippen LogP contribution in [0.3, 0.4) is 0 Å². The van der Waals surface area contributed by atoms with Gasteiger partial charge in [-0.15, -0.1) is 0 Å². The summed E-state index contributed by atoms with van der Waals surface area (Å²) in [4.78, 5) is 28.1. The Morgan fingerprint density at radius 1 is 0.906 bits per heavy atom. The van der Waals surface area contributed by atoms with Crippen LogP contribution in [0.25, 0.3) is 11.1 Å². The Kier molecular flexibility index (Phi) is 6.11. The molecular formula is C25H30N2O5. The van der Waals surface area contributed by atoms with Gasteiger partial charge in [-0.2, -0.15) is 0 Å². The van der Waals surface area contributed by atoms with Gasteiger partial charge in [0, 0.05) is 19.0 Å². The van der Waals surface area contributed by atoms with E-state index >= 15 is 0 Å². The molecule has 7 nitrogen and oxygen atoms in total. The Balaban J connectivity index is 1.40. The molecule has 1 unspecified atom stereocenters. The van der Waals surface area contributed by atoms with Crippen LogP contribution in [0, 0.1) is 0 Å². The van der Waals surface area contributed by atoms with Gasteiger partial charge in [-0.25, -0.2) is 9.59 Å². The quantitative estimate of drug-likeness (QED) is 0.771. The molecule has 0 bridgehead atoms. The second-order valence-electron chi connectivity index (χ2n) is 9.33. The van der Waals surface area contributed by atoms with Gasteiger partial charge in [0.1, 0.15) is 12.2 Å². The summed E-state index contributed by atoms with van der Waals surface area (Å²) >= 11 is 0. The number of amides is 2. The van der Waals surface area contributed by atoms with Crippen LogP contribution in [0.5, 0.6) is 0 Å². The zero-order valence-corrected chi connectivity index (χ0v) is 18.8. The number of carbonyl (C=O) groups is 2. The highest BCUT2D eigenvalue weighted by Gasteiger charge is 2.32. The molecule has 32 heavy (non-hydrogen) atoms. The number of ether oxygens (including phenoxy) is 2. The largest absolute Gasteiger partial charge is 0.448 e. The van der Waals surface area contributed by atoms with Crippen molar-refractivity contribution in [2.75, 3.05) is 32.8 Å². The van der Waals surface area contributed by atoms with Gasteiger partial charge >= 0.3 is 12.2 Å². The Hall–Kier alpha value is -3.06. The van der Waals surface area contributed by atoms with Crippen LogP contribution in [0.4, 0.5) is 9.59 Å². The number of carbonyl (C=O) groups excluding carboxylic acids is 2. The average molecular weight is 439 g/mol. The van der Waals surface area contributed by atoms with E-state index in [4.69, 9.17) is 9.47 Å². The van der Waals surface area contributed by atoms with Gasteiger partial charge < -0.3 is 24.4 Å². The van der Waals surface area contributed by atoms with Crippen molar-refractivity contribution < 1.29 is 24.2 Å². The Labute approximate surface area is 188 Å². The van der Waals surface area contributed by atoms with E-state index in [2.05, 4.69) is 24.3 Å². The number of fused-ring (bicyclic) bond motifs is 3. The van der Waals surface area contributed by atoms with Crippen molar-refractivity contribution in [1.82, 2.24) is 9.80 Å². The lowest BCUT2D eigenvalue weighted by Gasteiger charge is -2.26. The summed E-state index contributed by atoms with van der Waals surface area (Å²) in [7, 11) is 0. The topological polar surface area (TPSA) is 79.3 Å². The third kappa shape index (κ3) is 4.72. The molecule has 0 aromatic heterocycles. The van der Waals surface area contributed by atoms with E-state index in [0.717, 1.165) is 11.1 Å². The molecule has 0 radical (unpaired) electrons. The number of aliphatic hydroxyl groups excluding tert-OH is 1. The summed E-state index contributed by atoms with van der Waals surface area (Å²) in [6.07, 6.45) is -1.85. The predicted molar refractivity (Wildman–Crippen MR) is 120 cm³/mol. The van der Waals surface area contributed by atoms with E-state index < -0.39 is 23.9 Å². The van der Waals surface area contributed by atoms with Crippen LogP contribution in [0.15, 0.2) is 48.5 Å². The fraction of sp³-hybridized carbons (Fsp3) is 0.440. The van der Waals surface area contributed by atoms with Crippen molar-refractivity contribution in [3.05, 3.63) is 59.7 Å². The molecule has 1 fully saturated rings. The van der Waals surface area contributed by atoms with Crippen LogP contribution in [-0.4, -0.2) is 71.6 Å². The van der Waals surface area contributed by atoms with E-state index in [1.165, 1.54) is 20.9 Å². The summed E-state index contributed by atoms with van der Waals surface area (Å²) in [6, 6.07) is 16.3. The first kappa shape index (κ1) is 22.1. The average Bonchev–Trinajstić information content (AvgIpc) is 2.91. The molecule has 7 heteroatoms. The standard InChI is InChI=1S/C25H30N2O5/c1-25(2,3)32-24(30)27-13-12-26(14-17(28)15-27)23(29)31-16-22-20-10-6-4-8-18(20)19-9-5-7-11-21(19)22/h4-11,17,22,28H,12-16H2,1-3H3. The third-order valence-corrected chi connectivity index (χ3v) is 5.75. The fourth-order valence-electron chi connectivity index (χ4n) is 4.33. The minimum Gasteiger partial charge on any atom is -0.448 e. The monoisotopic (exact) mass is 438 g/mol. The predicted octanol–water partition coefficient (Wildman–Crippen LogP) is 3.85. The summed E-state index contributed by atoms with van der Waals surface area (Å²) in [6.45, 7) is 6.36. The normalized spacial score (nSPS) is 18.6. The lowest BCUT2D eigenvalue weighted by atomic mass is 9.98. The molecule has 0 saturated carbocycles. The number of benzene rings is 2. The number of nitrogens with zero attached hydrogens (tertiary/aromatic N) is 2. The maximum atomic E-state index is 12.8. The summed E-state index contributed by atoms with van der Waals surface area (Å²) in [5, 5.41) is 10.4. The molecule has 1 heterocycles. The molecule has 1 saturated heterocycles. The highest BCUT2D eigenvalue weighted by atomic mass is 16.6. The van der Waals surface area contributed by atoms with Gasteiger partial charge in [0.2, 0.25) is 0 Å². The van der Waals surface area contributed by atoms with Crippen molar-refractivity contribution in [2.24, 2.45) is 0 Å². The first-order chi connectivity index (χ1) is 15.2. The first-order valence-electron chi connectivity index (χ1n) is 11.0. The van der Waals surface area contributed by atoms with Crippen LogP contribution in [0.1, 0.15) is 37.8 Å². The number of aliphatic hydroxyl groups is 1. The highest BCUT2D eigenvalue weighted by molar-refractivity contribution is 5.79. The Morgan fingerprint density at radius 3 is 1.94 bits per heavy atom. The molecule has 1 aliphatic carbocycles. The van der Waals surface area contributed by atoms with E-state index in [0.29, 0.717) is 0 Å². The second-order valence-corrected chi connectivity index (χ2v) is 9.33. The summed E-state index contributed by atoms with van der Waals surface area (Å²) in [5.41, 5.74) is 4.01. The molecule has 1 aliphatic heterocycles. The molecule has 170 valence electrons. The van der Waals surface area contributed by atoms with E-state index in [9.17, 15) is 14.7 Å². The second kappa shape index (κ2) is 8.82. The number of β-amino-alcohol motifs (C(OH)–C–C–N with tert-alkyl or cyclic N) is 1. The van der Waals surface area contributed by atoms with Crippen LogP contribution in [-0.2, 0) is 9.47 Å². The molecule has 2 amide bonds. The molecule has 2 aromatic rings. The van der Waals surface area contributed by atoms with Gasteiger partial charge in [0.05, 0.1) is 19.2 Å². The minimum absolute atomic E-state index is 0.0264. The lowest BCUT2D eigenvalue weighted by Crippen LogP contribution is -2.41. The molecular weight excluding hydrogens is 408 g/mol. The van der Waals surface area contributed by atoms with Crippen LogP contribution in [0.2, 0.25) is 0 Å². The third-order valence-electron chi connectivity index (χ3n) is 5.75. The molecule has 4 rings (SSSR count). The van der Waals surface area contributed by atoms with Gasteiger partial charge in [-0.05, 0) is 43.0 Å². The maximum absolute atomic E-state index is 12.8. The Morgan fingerprint density at radius 2 is 1.41 bits per heavy atom. The molecule has 1 atom stereocenters.